The van der Waals surface area contributed by atoms with Gasteiger partial charge in [-0.05, 0) is 36.6 Å². The zero-order valence-corrected chi connectivity index (χ0v) is 12.4. The minimum absolute atomic E-state index is 0.0912. The van der Waals surface area contributed by atoms with E-state index in [1.54, 1.807) is 0 Å². The third-order valence-electron chi connectivity index (χ3n) is 2.79. The number of aryl methyl sites for hydroxylation is 1. The molecule has 0 aromatic heterocycles. The van der Waals surface area contributed by atoms with Crippen LogP contribution < -0.4 is 10.0 Å². The maximum Gasteiger partial charge on any atom is 0.329 e. The lowest BCUT2D eigenvalue weighted by Crippen LogP contribution is -2.22. The Morgan fingerprint density at radius 3 is 2.64 bits per heavy atom. The molecule has 0 aliphatic heterocycles. The molecule has 7 nitrogen and oxygen atoms in total. The van der Waals surface area contributed by atoms with Crippen LogP contribution in [-0.4, -0.2) is 16.1 Å². The lowest BCUT2D eigenvalue weighted by Gasteiger charge is -2.09. The first-order valence-electron chi connectivity index (χ1n) is 6.24. The fraction of sp³-hybridized carbons (Fsp3) is 0.0714. The maximum atomic E-state index is 11.8. The Labute approximate surface area is 130 Å². The Balaban J connectivity index is 1.98. The zero-order chi connectivity index (χ0) is 16.1. The van der Waals surface area contributed by atoms with Crippen LogP contribution in [0.1, 0.15) is 5.56 Å². The van der Waals surface area contributed by atoms with Crippen molar-refractivity contribution >= 4 is 29.4 Å². The first-order valence-corrected chi connectivity index (χ1v) is 7.06. The molecule has 0 unspecified atom stereocenters. The molecule has 114 valence electrons. The highest BCUT2D eigenvalue weighted by Gasteiger charge is 2.12. The van der Waals surface area contributed by atoms with E-state index in [-0.39, 0.29) is 17.1 Å². The number of nitrogens with zero attached hydrogens (tertiary/aromatic N) is 1. The van der Waals surface area contributed by atoms with Crippen LogP contribution in [0.3, 0.4) is 0 Å². The summed E-state index contributed by atoms with van der Waals surface area (Å²) < 4.78 is 2.57. The van der Waals surface area contributed by atoms with E-state index in [2.05, 4.69) is 10.0 Å². The van der Waals surface area contributed by atoms with Gasteiger partial charge in [0.05, 0.1) is 16.7 Å². The summed E-state index contributed by atoms with van der Waals surface area (Å²) >= 11 is 1.14. The van der Waals surface area contributed by atoms with Crippen molar-refractivity contribution in [1.82, 2.24) is 4.72 Å². The second kappa shape index (κ2) is 6.81. The molecule has 8 heteroatoms. The van der Waals surface area contributed by atoms with Crippen LogP contribution >= 0.6 is 11.9 Å². The van der Waals surface area contributed by atoms with Crippen molar-refractivity contribution in [3.05, 3.63) is 58.1 Å². The van der Waals surface area contributed by atoms with Crippen molar-refractivity contribution in [3.63, 3.8) is 0 Å². The number of hydrogen-bond donors (Lipinski definition) is 3. The number of anilines is 1. The van der Waals surface area contributed by atoms with Gasteiger partial charge in [0, 0.05) is 11.0 Å². The molecular weight excluding hydrogens is 306 g/mol. The van der Waals surface area contributed by atoms with Gasteiger partial charge in [0.15, 0.2) is 0 Å². The topological polar surface area (TPSA) is 104 Å². The number of carbonyl (C=O) groups excluding carboxylic acids is 1. The number of non-ortho nitro benzene ring substituents is 1. The largest absolute Gasteiger partial charge is 0.506 e. The summed E-state index contributed by atoms with van der Waals surface area (Å²) in [6.45, 7) is 1.92. The number of nitrogens with one attached hydrogen (secondary N) is 2. The van der Waals surface area contributed by atoms with E-state index >= 15 is 0 Å². The summed E-state index contributed by atoms with van der Waals surface area (Å²) in [5, 5.41) is 22.7. The fourth-order valence-corrected chi connectivity index (χ4v) is 2.29. The number of phenolic OH excluding ortho intramolecular Hbond substituents is 1. The Hall–Kier alpha value is -2.74. The molecule has 2 rings (SSSR count). The predicted octanol–water partition coefficient (Wildman–Crippen LogP) is 3.44. The van der Waals surface area contributed by atoms with Crippen LogP contribution in [0.5, 0.6) is 5.75 Å². The number of phenols is 1. The van der Waals surface area contributed by atoms with Gasteiger partial charge < -0.3 is 10.4 Å². The van der Waals surface area contributed by atoms with Gasteiger partial charge in [-0.15, -0.1) is 0 Å². The van der Waals surface area contributed by atoms with Crippen molar-refractivity contribution in [2.75, 3.05) is 5.32 Å². The number of aromatic hydroxyl groups is 1. The third kappa shape index (κ3) is 3.89. The molecule has 0 bridgehead atoms. The number of amides is 2. The van der Waals surface area contributed by atoms with E-state index in [9.17, 15) is 20.0 Å². The number of rotatable bonds is 4. The minimum Gasteiger partial charge on any atom is -0.506 e. The van der Waals surface area contributed by atoms with Crippen LogP contribution in [-0.2, 0) is 0 Å². The number of benzene rings is 2. The minimum atomic E-state index is -0.627. The molecule has 0 aliphatic rings. The highest BCUT2D eigenvalue weighted by Crippen LogP contribution is 2.28. The second-order valence-corrected chi connectivity index (χ2v) is 5.23. The van der Waals surface area contributed by atoms with Gasteiger partial charge in [-0.2, -0.15) is 0 Å². The standard InChI is InChI=1S/C14H13N3O4S/c1-9-4-2-3-5-13(9)22-16-14(19)15-11-7-6-10(17(20)21)8-12(11)18/h2-8,18H,1H3,(H2,15,16,19). The molecule has 22 heavy (non-hydrogen) atoms. The number of nitro benzene ring substituents is 1. The predicted molar refractivity (Wildman–Crippen MR) is 84.0 cm³/mol. The molecule has 0 saturated carbocycles. The quantitative estimate of drug-likeness (QED) is 0.346. The number of carbonyl (C=O) groups is 1. The molecule has 0 spiro atoms. The van der Waals surface area contributed by atoms with Crippen LogP contribution in [0.2, 0.25) is 0 Å². The van der Waals surface area contributed by atoms with Gasteiger partial charge in [-0.1, -0.05) is 18.2 Å². The lowest BCUT2D eigenvalue weighted by molar-refractivity contribution is -0.384. The smallest absolute Gasteiger partial charge is 0.329 e. The summed E-state index contributed by atoms with van der Waals surface area (Å²) in [6, 6.07) is 10.4. The average molecular weight is 319 g/mol. The monoisotopic (exact) mass is 319 g/mol. The molecule has 2 amide bonds. The van der Waals surface area contributed by atoms with Gasteiger partial charge in [-0.25, -0.2) is 4.79 Å². The van der Waals surface area contributed by atoms with Gasteiger partial charge in [0.2, 0.25) is 0 Å². The average Bonchev–Trinajstić information content (AvgIpc) is 2.48. The molecule has 0 heterocycles. The van der Waals surface area contributed by atoms with Crippen molar-refractivity contribution in [3.8, 4) is 5.75 Å². The van der Waals surface area contributed by atoms with Gasteiger partial charge >= 0.3 is 6.03 Å². The van der Waals surface area contributed by atoms with Gasteiger partial charge in [0.25, 0.3) is 5.69 Å². The van der Waals surface area contributed by atoms with E-state index in [4.69, 9.17) is 0 Å². The van der Waals surface area contributed by atoms with Crippen molar-refractivity contribution < 1.29 is 14.8 Å². The Bertz CT molecular complexity index is 721. The molecule has 0 fully saturated rings. The number of hydrogen-bond acceptors (Lipinski definition) is 5. The zero-order valence-electron chi connectivity index (χ0n) is 11.6. The highest BCUT2D eigenvalue weighted by molar-refractivity contribution is 7.98. The van der Waals surface area contributed by atoms with Crippen molar-refractivity contribution in [1.29, 1.82) is 0 Å². The Morgan fingerprint density at radius 1 is 1.27 bits per heavy atom. The Morgan fingerprint density at radius 2 is 2.00 bits per heavy atom. The summed E-state index contributed by atoms with van der Waals surface area (Å²) in [7, 11) is 0. The SMILES string of the molecule is Cc1ccccc1SNC(=O)Nc1ccc([N+](=O)[O-])cc1O. The van der Waals surface area contributed by atoms with Crippen LogP contribution in [0.15, 0.2) is 47.4 Å². The molecule has 0 saturated heterocycles. The van der Waals surface area contributed by atoms with Crippen LogP contribution in [0.25, 0.3) is 0 Å². The van der Waals surface area contributed by atoms with E-state index in [1.165, 1.54) is 12.1 Å². The summed E-state index contributed by atoms with van der Waals surface area (Å²) in [4.78, 5) is 22.6. The normalized spacial score (nSPS) is 10.0. The molecule has 0 atom stereocenters. The molecule has 3 N–H and O–H groups in total. The second-order valence-electron chi connectivity index (χ2n) is 4.38. The number of nitro groups is 1. The molecular formula is C14H13N3O4S. The molecule has 0 radical (unpaired) electrons. The number of urea groups is 1. The fourth-order valence-electron chi connectivity index (χ4n) is 1.66. The summed E-state index contributed by atoms with van der Waals surface area (Å²) in [6.07, 6.45) is 0. The first kappa shape index (κ1) is 15.6. The van der Waals surface area contributed by atoms with Crippen molar-refractivity contribution in [2.24, 2.45) is 0 Å². The van der Waals surface area contributed by atoms with Crippen molar-refractivity contribution in [2.45, 2.75) is 11.8 Å². The van der Waals surface area contributed by atoms with Crippen LogP contribution in [0.4, 0.5) is 16.2 Å². The molecule has 2 aromatic rings. The summed E-state index contributed by atoms with van der Waals surface area (Å²) in [5.41, 5.74) is 0.859. The van der Waals surface area contributed by atoms with Gasteiger partial charge in [0.1, 0.15) is 5.75 Å². The van der Waals surface area contributed by atoms with E-state index in [1.807, 2.05) is 31.2 Å². The highest BCUT2D eigenvalue weighted by atomic mass is 32.2. The van der Waals surface area contributed by atoms with E-state index in [0.29, 0.717) is 0 Å². The maximum absolute atomic E-state index is 11.8. The van der Waals surface area contributed by atoms with Gasteiger partial charge in [-0.3, -0.25) is 14.8 Å². The third-order valence-corrected chi connectivity index (χ3v) is 3.75. The van der Waals surface area contributed by atoms with E-state index in [0.717, 1.165) is 28.5 Å². The summed E-state index contributed by atoms with van der Waals surface area (Å²) in [5.74, 6) is -0.370. The first-order chi connectivity index (χ1) is 10.5. The molecule has 2 aromatic carbocycles. The molecule has 0 aliphatic carbocycles. The Kier molecular flexibility index (Phi) is 4.84. The van der Waals surface area contributed by atoms with Crippen LogP contribution in [0, 0.1) is 17.0 Å². The van der Waals surface area contributed by atoms with E-state index < -0.39 is 11.0 Å². The lowest BCUT2D eigenvalue weighted by atomic mass is 10.2.